The van der Waals surface area contributed by atoms with Crippen molar-refractivity contribution < 1.29 is 23.1 Å². The number of likely N-dealkylation sites (tertiary alicyclic amines) is 1. The number of hydrogen-bond acceptors (Lipinski definition) is 4. The van der Waals surface area contributed by atoms with Crippen LogP contribution in [0.25, 0.3) is 0 Å². The van der Waals surface area contributed by atoms with Gasteiger partial charge in [0, 0.05) is 13.1 Å². The Balaban J connectivity index is 2.26. The second-order valence-electron chi connectivity index (χ2n) is 5.76. The fourth-order valence-electron chi connectivity index (χ4n) is 2.44. The maximum atomic E-state index is 12.6. The molecule has 0 saturated carbocycles. The Labute approximate surface area is 129 Å². The van der Waals surface area contributed by atoms with E-state index in [4.69, 9.17) is 0 Å². The second kappa shape index (κ2) is 5.60. The molecule has 1 atom stereocenters. The summed E-state index contributed by atoms with van der Waals surface area (Å²) in [6.45, 7) is 2.03. The molecule has 1 aliphatic rings. The minimum atomic E-state index is -3.51. The highest BCUT2D eigenvalue weighted by molar-refractivity contribution is 7.92. The Morgan fingerprint density at radius 2 is 1.95 bits per heavy atom. The molecule has 120 valence electrons. The molecule has 0 bridgehead atoms. The van der Waals surface area contributed by atoms with Gasteiger partial charge in [0.2, 0.25) is 10.0 Å². The molecule has 0 radical (unpaired) electrons. The van der Waals surface area contributed by atoms with Gasteiger partial charge in [-0.15, -0.1) is 0 Å². The van der Waals surface area contributed by atoms with Crippen molar-refractivity contribution in [3.05, 3.63) is 29.8 Å². The molecule has 1 fully saturated rings. The Kier molecular flexibility index (Phi) is 4.15. The Hall–Kier alpha value is -2.09. The summed E-state index contributed by atoms with van der Waals surface area (Å²) >= 11 is 0. The molecule has 2 rings (SSSR count). The zero-order chi connectivity index (χ0) is 16.5. The second-order valence-corrected chi connectivity index (χ2v) is 7.51. The minimum absolute atomic E-state index is 0.106. The molecule has 0 aliphatic carbocycles. The van der Waals surface area contributed by atoms with Crippen LogP contribution in [0.15, 0.2) is 24.3 Å². The summed E-state index contributed by atoms with van der Waals surface area (Å²) in [7, 11) is -3.51. The van der Waals surface area contributed by atoms with Crippen LogP contribution in [0.5, 0.6) is 0 Å². The van der Waals surface area contributed by atoms with E-state index in [1.165, 1.54) is 17.0 Å². The van der Waals surface area contributed by atoms with Gasteiger partial charge in [0.15, 0.2) is 0 Å². The van der Waals surface area contributed by atoms with Gasteiger partial charge in [-0.3, -0.25) is 14.3 Å². The summed E-state index contributed by atoms with van der Waals surface area (Å²) in [5.74, 6) is -1.32. The Morgan fingerprint density at radius 3 is 2.50 bits per heavy atom. The Morgan fingerprint density at radius 1 is 1.32 bits per heavy atom. The van der Waals surface area contributed by atoms with Crippen molar-refractivity contribution in [2.24, 2.45) is 5.41 Å². The average molecular weight is 326 g/mol. The van der Waals surface area contributed by atoms with Gasteiger partial charge in [-0.1, -0.05) is 12.1 Å². The summed E-state index contributed by atoms with van der Waals surface area (Å²) in [4.78, 5) is 25.3. The Bertz CT molecular complexity index is 716. The first kappa shape index (κ1) is 16.3. The molecule has 1 amide bonds. The maximum absolute atomic E-state index is 12.6. The lowest BCUT2D eigenvalue weighted by Crippen LogP contribution is -2.35. The van der Waals surface area contributed by atoms with Crippen LogP contribution in [0.2, 0.25) is 0 Å². The van der Waals surface area contributed by atoms with Crippen LogP contribution in [0.4, 0.5) is 5.69 Å². The summed E-state index contributed by atoms with van der Waals surface area (Å²) in [6.07, 6.45) is 1.38. The number of anilines is 1. The molecule has 2 N–H and O–H groups in total. The number of amides is 1. The van der Waals surface area contributed by atoms with E-state index in [1.54, 1.807) is 19.1 Å². The average Bonchev–Trinajstić information content (AvgIpc) is 2.81. The lowest BCUT2D eigenvalue weighted by Gasteiger charge is -2.21. The quantitative estimate of drug-likeness (QED) is 0.859. The van der Waals surface area contributed by atoms with Crippen molar-refractivity contribution in [3.8, 4) is 0 Å². The van der Waals surface area contributed by atoms with Crippen LogP contribution in [0.3, 0.4) is 0 Å². The van der Waals surface area contributed by atoms with Crippen LogP contribution in [0, 0.1) is 5.41 Å². The molecule has 1 aromatic carbocycles. The zero-order valence-electron chi connectivity index (χ0n) is 12.4. The van der Waals surface area contributed by atoms with Crippen LogP contribution in [-0.2, 0) is 14.8 Å². The third-order valence-corrected chi connectivity index (χ3v) is 4.32. The number of nitrogens with zero attached hydrogens (tertiary/aromatic N) is 1. The predicted octanol–water partition coefficient (Wildman–Crippen LogP) is 0.995. The number of sulfonamides is 1. The lowest BCUT2D eigenvalue weighted by molar-refractivity contribution is -0.147. The number of rotatable bonds is 4. The first-order chi connectivity index (χ1) is 10.1. The van der Waals surface area contributed by atoms with Gasteiger partial charge >= 0.3 is 5.97 Å². The molecule has 1 saturated heterocycles. The van der Waals surface area contributed by atoms with E-state index >= 15 is 0 Å². The highest BCUT2D eigenvalue weighted by Crippen LogP contribution is 2.32. The standard InChI is InChI=1S/C14H18N2O5S/c1-14(13(18)19)7-8-16(9-14)12(17)10-5-3-4-6-11(10)15-22(2,20)21/h3-6,15H,7-9H2,1-2H3,(H,18,19). The summed E-state index contributed by atoms with van der Waals surface area (Å²) in [5.41, 5.74) is -0.559. The fraction of sp³-hybridized carbons (Fsp3) is 0.429. The molecule has 1 aromatic rings. The smallest absolute Gasteiger partial charge is 0.311 e. The van der Waals surface area contributed by atoms with E-state index in [0.29, 0.717) is 13.0 Å². The number of nitrogens with one attached hydrogen (secondary N) is 1. The van der Waals surface area contributed by atoms with Gasteiger partial charge in [-0.25, -0.2) is 8.42 Å². The van der Waals surface area contributed by atoms with Gasteiger partial charge in [-0.05, 0) is 25.5 Å². The van der Waals surface area contributed by atoms with Crippen molar-refractivity contribution in [3.63, 3.8) is 0 Å². The van der Waals surface area contributed by atoms with E-state index in [0.717, 1.165) is 6.26 Å². The van der Waals surface area contributed by atoms with Crippen LogP contribution in [-0.4, -0.2) is 49.6 Å². The first-order valence-electron chi connectivity index (χ1n) is 6.72. The number of carbonyl (C=O) groups excluding carboxylic acids is 1. The van der Waals surface area contributed by atoms with Gasteiger partial charge in [0.05, 0.1) is 22.9 Å². The van der Waals surface area contributed by atoms with E-state index in [9.17, 15) is 23.1 Å². The van der Waals surface area contributed by atoms with E-state index in [2.05, 4.69) is 4.72 Å². The number of carboxylic acid groups (broad SMARTS) is 1. The number of para-hydroxylation sites is 1. The minimum Gasteiger partial charge on any atom is -0.481 e. The largest absolute Gasteiger partial charge is 0.481 e. The predicted molar refractivity (Wildman–Crippen MR) is 81.2 cm³/mol. The zero-order valence-corrected chi connectivity index (χ0v) is 13.2. The fourth-order valence-corrected chi connectivity index (χ4v) is 3.02. The first-order valence-corrected chi connectivity index (χ1v) is 8.61. The number of hydrogen-bond donors (Lipinski definition) is 2. The van der Waals surface area contributed by atoms with E-state index in [1.807, 2.05) is 0 Å². The number of benzene rings is 1. The number of carboxylic acids is 1. The third kappa shape index (κ3) is 3.38. The van der Waals surface area contributed by atoms with Gasteiger partial charge in [-0.2, -0.15) is 0 Å². The van der Waals surface area contributed by atoms with Crippen LogP contribution >= 0.6 is 0 Å². The van der Waals surface area contributed by atoms with Crippen molar-refractivity contribution in [2.45, 2.75) is 13.3 Å². The van der Waals surface area contributed by atoms with Gasteiger partial charge < -0.3 is 10.0 Å². The van der Waals surface area contributed by atoms with Crippen LogP contribution in [0.1, 0.15) is 23.7 Å². The molecule has 1 aliphatic heterocycles. The lowest BCUT2D eigenvalue weighted by atomic mass is 9.90. The topological polar surface area (TPSA) is 104 Å². The van der Waals surface area contributed by atoms with Crippen molar-refractivity contribution in [1.82, 2.24) is 4.90 Å². The van der Waals surface area contributed by atoms with E-state index < -0.39 is 21.4 Å². The van der Waals surface area contributed by atoms with Crippen molar-refractivity contribution in [2.75, 3.05) is 24.1 Å². The molecular formula is C14H18N2O5S. The number of carbonyl (C=O) groups is 2. The van der Waals surface area contributed by atoms with Crippen molar-refractivity contribution in [1.29, 1.82) is 0 Å². The highest BCUT2D eigenvalue weighted by atomic mass is 32.2. The monoisotopic (exact) mass is 326 g/mol. The normalized spacial score (nSPS) is 21.6. The van der Waals surface area contributed by atoms with Gasteiger partial charge in [0.25, 0.3) is 5.91 Å². The van der Waals surface area contributed by atoms with E-state index in [-0.39, 0.29) is 23.7 Å². The molecule has 1 heterocycles. The summed E-state index contributed by atoms with van der Waals surface area (Å²) in [5, 5.41) is 9.22. The molecule has 8 heteroatoms. The van der Waals surface area contributed by atoms with Crippen molar-refractivity contribution >= 4 is 27.6 Å². The van der Waals surface area contributed by atoms with Crippen LogP contribution < -0.4 is 4.72 Å². The molecule has 1 unspecified atom stereocenters. The maximum Gasteiger partial charge on any atom is 0.311 e. The summed E-state index contributed by atoms with van der Waals surface area (Å²) < 4.78 is 25.1. The molecule has 0 aromatic heterocycles. The molecule has 7 nitrogen and oxygen atoms in total. The molecule has 22 heavy (non-hydrogen) atoms. The summed E-state index contributed by atoms with van der Waals surface area (Å²) in [6, 6.07) is 6.27. The number of aliphatic carboxylic acids is 1. The third-order valence-electron chi connectivity index (χ3n) is 3.73. The molecule has 0 spiro atoms. The molecular weight excluding hydrogens is 308 g/mol. The highest BCUT2D eigenvalue weighted by Gasteiger charge is 2.42. The van der Waals surface area contributed by atoms with Gasteiger partial charge in [0.1, 0.15) is 0 Å². The SMILES string of the molecule is CC1(C(=O)O)CCN(C(=O)c2ccccc2NS(C)(=O)=O)C1.